The van der Waals surface area contributed by atoms with Crippen LogP contribution >= 0.6 is 0 Å². The van der Waals surface area contributed by atoms with E-state index >= 15 is 0 Å². The molecule has 1 fully saturated rings. The first kappa shape index (κ1) is 22.6. The zero-order valence-electron chi connectivity index (χ0n) is 17.9. The summed E-state index contributed by atoms with van der Waals surface area (Å²) >= 11 is 0. The predicted octanol–water partition coefficient (Wildman–Crippen LogP) is 2.46. The molecule has 2 amide bonds. The third-order valence-corrected chi connectivity index (χ3v) is 4.58. The standard InChI is InChI=1S/C19H30N4O6/c1-7-27-17(25)11(2)12(3)20-15(24)14-21-16(29-22-14)13-9-8-10-23(13)18(26)28-19(4,5)6/h11-13H,7-10H2,1-6H3,(H,20,24). The molecule has 1 aliphatic heterocycles. The van der Waals surface area contributed by atoms with Crippen LogP contribution in [0.3, 0.4) is 0 Å². The lowest BCUT2D eigenvalue weighted by atomic mass is 10.0. The van der Waals surface area contributed by atoms with E-state index in [1.807, 2.05) is 0 Å². The van der Waals surface area contributed by atoms with E-state index in [0.29, 0.717) is 13.0 Å². The van der Waals surface area contributed by atoms with Crippen LogP contribution in [0.25, 0.3) is 0 Å². The highest BCUT2D eigenvalue weighted by molar-refractivity contribution is 5.90. The third kappa shape index (κ3) is 5.91. The summed E-state index contributed by atoms with van der Waals surface area (Å²) in [7, 11) is 0. The van der Waals surface area contributed by atoms with E-state index in [2.05, 4.69) is 15.5 Å². The fourth-order valence-corrected chi connectivity index (χ4v) is 2.90. The Labute approximate surface area is 170 Å². The highest BCUT2D eigenvalue weighted by Gasteiger charge is 2.37. The molecule has 2 heterocycles. The van der Waals surface area contributed by atoms with Gasteiger partial charge in [0.15, 0.2) is 0 Å². The molecule has 0 aliphatic carbocycles. The highest BCUT2D eigenvalue weighted by atomic mass is 16.6. The Hall–Kier alpha value is -2.65. The molecule has 29 heavy (non-hydrogen) atoms. The number of nitrogens with one attached hydrogen (secondary N) is 1. The van der Waals surface area contributed by atoms with Gasteiger partial charge in [-0.2, -0.15) is 4.98 Å². The fraction of sp³-hybridized carbons (Fsp3) is 0.737. The summed E-state index contributed by atoms with van der Waals surface area (Å²) in [5.41, 5.74) is -0.615. The second-order valence-corrected chi connectivity index (χ2v) is 8.09. The van der Waals surface area contributed by atoms with Gasteiger partial charge in [0.2, 0.25) is 5.89 Å². The number of hydrogen-bond donors (Lipinski definition) is 1. The molecule has 1 aromatic heterocycles. The molecule has 0 aromatic carbocycles. The summed E-state index contributed by atoms with van der Waals surface area (Å²) in [5, 5.41) is 6.40. The molecule has 1 saturated heterocycles. The van der Waals surface area contributed by atoms with Crippen molar-refractivity contribution in [1.82, 2.24) is 20.4 Å². The average molecular weight is 410 g/mol. The van der Waals surface area contributed by atoms with Gasteiger partial charge in [0, 0.05) is 12.6 Å². The van der Waals surface area contributed by atoms with Crippen molar-refractivity contribution in [1.29, 1.82) is 0 Å². The Morgan fingerprint density at radius 1 is 1.31 bits per heavy atom. The molecule has 0 radical (unpaired) electrons. The number of rotatable bonds is 6. The van der Waals surface area contributed by atoms with Crippen molar-refractivity contribution in [3.8, 4) is 0 Å². The zero-order chi connectivity index (χ0) is 21.8. The number of carbonyl (C=O) groups excluding carboxylic acids is 3. The highest BCUT2D eigenvalue weighted by Crippen LogP contribution is 2.32. The van der Waals surface area contributed by atoms with Crippen LogP contribution in [0.4, 0.5) is 4.79 Å². The Morgan fingerprint density at radius 3 is 2.62 bits per heavy atom. The Morgan fingerprint density at radius 2 is 2.00 bits per heavy atom. The van der Waals surface area contributed by atoms with Gasteiger partial charge < -0.3 is 19.3 Å². The number of likely N-dealkylation sites (tertiary alicyclic amines) is 1. The minimum Gasteiger partial charge on any atom is -0.466 e. The molecular formula is C19H30N4O6. The maximum atomic E-state index is 12.4. The van der Waals surface area contributed by atoms with E-state index in [1.165, 1.54) is 4.90 Å². The Bertz CT molecular complexity index is 741. The van der Waals surface area contributed by atoms with E-state index in [9.17, 15) is 14.4 Å². The van der Waals surface area contributed by atoms with Crippen molar-refractivity contribution in [2.75, 3.05) is 13.2 Å². The van der Waals surface area contributed by atoms with E-state index < -0.39 is 41.6 Å². The fourth-order valence-electron chi connectivity index (χ4n) is 2.90. The van der Waals surface area contributed by atoms with Gasteiger partial charge in [0.1, 0.15) is 11.6 Å². The van der Waals surface area contributed by atoms with Crippen molar-refractivity contribution < 1.29 is 28.4 Å². The zero-order valence-corrected chi connectivity index (χ0v) is 17.9. The number of ether oxygens (including phenoxy) is 2. The van der Waals surface area contributed by atoms with Gasteiger partial charge in [-0.25, -0.2) is 4.79 Å². The summed E-state index contributed by atoms with van der Waals surface area (Å²) in [5.74, 6) is -1.45. The normalized spacial score (nSPS) is 18.8. The minimum absolute atomic E-state index is 0.154. The summed E-state index contributed by atoms with van der Waals surface area (Å²) in [6, 6.07) is -0.914. The molecule has 0 bridgehead atoms. The van der Waals surface area contributed by atoms with Crippen molar-refractivity contribution in [3.63, 3.8) is 0 Å². The van der Waals surface area contributed by atoms with E-state index in [0.717, 1.165) is 6.42 Å². The molecule has 3 unspecified atom stereocenters. The second-order valence-electron chi connectivity index (χ2n) is 8.09. The lowest BCUT2D eigenvalue weighted by molar-refractivity contribution is -0.148. The molecule has 1 aromatic rings. The third-order valence-electron chi connectivity index (χ3n) is 4.58. The van der Waals surface area contributed by atoms with Crippen LogP contribution in [0.5, 0.6) is 0 Å². The van der Waals surface area contributed by atoms with Crippen molar-refractivity contribution in [2.24, 2.45) is 5.92 Å². The molecule has 1 aliphatic rings. The lowest BCUT2D eigenvalue weighted by Gasteiger charge is -2.26. The first-order chi connectivity index (χ1) is 13.5. The first-order valence-corrected chi connectivity index (χ1v) is 9.84. The van der Waals surface area contributed by atoms with Crippen LogP contribution in [-0.4, -0.2) is 57.8 Å². The summed E-state index contributed by atoms with van der Waals surface area (Å²) in [6.07, 6.45) is 0.946. The van der Waals surface area contributed by atoms with E-state index in [-0.39, 0.29) is 18.3 Å². The topological polar surface area (TPSA) is 124 Å². The maximum absolute atomic E-state index is 12.4. The molecule has 0 spiro atoms. The average Bonchev–Trinajstić information content (AvgIpc) is 3.28. The molecule has 162 valence electrons. The number of hydrogen-bond acceptors (Lipinski definition) is 8. The van der Waals surface area contributed by atoms with Gasteiger partial charge in [-0.15, -0.1) is 0 Å². The number of carbonyl (C=O) groups is 3. The molecule has 3 atom stereocenters. The summed E-state index contributed by atoms with van der Waals surface area (Å²) < 4.78 is 15.6. The summed E-state index contributed by atoms with van der Waals surface area (Å²) in [4.78, 5) is 42.3. The number of nitrogens with zero attached hydrogens (tertiary/aromatic N) is 3. The molecular weight excluding hydrogens is 380 g/mol. The van der Waals surface area contributed by atoms with Gasteiger partial charge in [-0.1, -0.05) is 5.16 Å². The minimum atomic E-state index is -0.615. The predicted molar refractivity (Wildman–Crippen MR) is 102 cm³/mol. The van der Waals surface area contributed by atoms with Gasteiger partial charge in [-0.05, 0) is 54.4 Å². The SMILES string of the molecule is CCOC(=O)C(C)C(C)NC(=O)c1noc(C2CCCN2C(=O)OC(C)(C)C)n1. The number of amides is 2. The van der Waals surface area contributed by atoms with Crippen molar-refractivity contribution >= 4 is 18.0 Å². The molecule has 1 N–H and O–H groups in total. The van der Waals surface area contributed by atoms with Gasteiger partial charge in [0.25, 0.3) is 11.7 Å². The molecule has 10 nitrogen and oxygen atoms in total. The quantitative estimate of drug-likeness (QED) is 0.709. The van der Waals surface area contributed by atoms with Gasteiger partial charge in [-0.3, -0.25) is 14.5 Å². The van der Waals surface area contributed by atoms with Crippen LogP contribution < -0.4 is 5.32 Å². The van der Waals surface area contributed by atoms with Gasteiger partial charge >= 0.3 is 12.1 Å². The smallest absolute Gasteiger partial charge is 0.410 e. The van der Waals surface area contributed by atoms with Crippen LogP contribution in [0.15, 0.2) is 4.52 Å². The molecule has 10 heteroatoms. The van der Waals surface area contributed by atoms with Crippen molar-refractivity contribution in [3.05, 3.63) is 11.7 Å². The Balaban J connectivity index is 2.03. The number of esters is 1. The second kappa shape index (κ2) is 9.23. The van der Waals surface area contributed by atoms with Crippen LogP contribution in [-0.2, 0) is 14.3 Å². The Kier molecular flexibility index (Phi) is 7.21. The largest absolute Gasteiger partial charge is 0.466 e. The van der Waals surface area contributed by atoms with Crippen LogP contribution in [0, 0.1) is 5.92 Å². The van der Waals surface area contributed by atoms with E-state index in [1.54, 1.807) is 41.5 Å². The first-order valence-electron chi connectivity index (χ1n) is 9.84. The van der Waals surface area contributed by atoms with Crippen molar-refractivity contribution in [2.45, 2.75) is 72.1 Å². The molecule has 2 rings (SSSR count). The lowest BCUT2D eigenvalue weighted by Crippen LogP contribution is -2.41. The monoisotopic (exact) mass is 410 g/mol. The summed E-state index contributed by atoms with van der Waals surface area (Å²) in [6.45, 7) is 11.3. The number of aromatic nitrogens is 2. The van der Waals surface area contributed by atoms with Crippen LogP contribution in [0.2, 0.25) is 0 Å². The van der Waals surface area contributed by atoms with Crippen LogP contribution in [0.1, 0.15) is 76.9 Å². The molecule has 0 saturated carbocycles. The van der Waals surface area contributed by atoms with E-state index in [4.69, 9.17) is 14.0 Å². The maximum Gasteiger partial charge on any atom is 0.410 e. The van der Waals surface area contributed by atoms with Gasteiger partial charge in [0.05, 0.1) is 12.5 Å².